The van der Waals surface area contributed by atoms with Crippen molar-refractivity contribution in [2.45, 2.75) is 71.1 Å². The van der Waals surface area contributed by atoms with E-state index in [1.165, 1.54) is 4.90 Å². The van der Waals surface area contributed by atoms with Crippen LogP contribution in [0.3, 0.4) is 0 Å². The van der Waals surface area contributed by atoms with Crippen LogP contribution in [0.5, 0.6) is 5.75 Å². The first-order valence-electron chi connectivity index (χ1n) is 8.97. The summed E-state index contributed by atoms with van der Waals surface area (Å²) in [6.07, 6.45) is -0.847. The van der Waals surface area contributed by atoms with Gasteiger partial charge in [0.2, 0.25) is 0 Å². The molecular weight excluding hydrogens is 414 g/mol. The Labute approximate surface area is 169 Å². The molecule has 1 aromatic rings. The Morgan fingerprint density at radius 3 is 2.30 bits per heavy atom. The normalized spacial score (nSPS) is 20.5. The van der Waals surface area contributed by atoms with E-state index in [0.29, 0.717) is 5.75 Å². The summed E-state index contributed by atoms with van der Waals surface area (Å²) >= 11 is 3.53. The second-order valence-electron chi connectivity index (χ2n) is 8.86. The standard InChI is InChI=1S/C20H28BrNO5/c1-19(2,3)12-7-8-16(14(21)9-12)26-13-10-15(17(23)24)22(11-13)18(25)27-20(4,5)6/h7-9,13,15H,10-11H2,1-6H3,(H,23,24)/t13-,15-/m1/s1. The zero-order chi connectivity index (χ0) is 20.6. The van der Waals surface area contributed by atoms with Crippen LogP contribution in [-0.4, -0.2) is 46.4 Å². The zero-order valence-electron chi connectivity index (χ0n) is 16.7. The Morgan fingerprint density at radius 2 is 1.81 bits per heavy atom. The molecule has 1 N–H and O–H groups in total. The van der Waals surface area contributed by atoms with Crippen LogP contribution < -0.4 is 4.74 Å². The van der Waals surface area contributed by atoms with Crippen molar-refractivity contribution in [3.8, 4) is 5.75 Å². The number of carboxylic acids is 1. The van der Waals surface area contributed by atoms with Crippen LogP contribution in [0.4, 0.5) is 4.79 Å². The fourth-order valence-electron chi connectivity index (χ4n) is 2.88. The summed E-state index contributed by atoms with van der Waals surface area (Å²) in [7, 11) is 0. The van der Waals surface area contributed by atoms with Crippen molar-refractivity contribution < 1.29 is 24.2 Å². The number of ether oxygens (including phenoxy) is 2. The molecular formula is C20H28BrNO5. The molecule has 1 aliphatic rings. The molecule has 6 nitrogen and oxygen atoms in total. The summed E-state index contributed by atoms with van der Waals surface area (Å²) in [4.78, 5) is 25.2. The smallest absolute Gasteiger partial charge is 0.411 e. The van der Waals surface area contributed by atoms with Crippen LogP contribution in [0.1, 0.15) is 53.5 Å². The molecule has 7 heteroatoms. The molecule has 0 spiro atoms. The number of carbonyl (C=O) groups is 2. The lowest BCUT2D eigenvalue weighted by atomic mass is 9.87. The Hall–Kier alpha value is -1.76. The van der Waals surface area contributed by atoms with Crippen molar-refractivity contribution in [2.24, 2.45) is 0 Å². The van der Waals surface area contributed by atoms with E-state index in [0.717, 1.165) is 10.0 Å². The highest BCUT2D eigenvalue weighted by atomic mass is 79.9. The van der Waals surface area contributed by atoms with E-state index in [1.807, 2.05) is 18.2 Å². The SMILES string of the molecule is CC(C)(C)OC(=O)N1C[C@H](Oc2ccc(C(C)(C)C)cc2Br)C[C@@H]1C(=O)O. The molecule has 1 heterocycles. The number of likely N-dealkylation sites (tertiary alicyclic amines) is 1. The third-order valence-corrected chi connectivity index (χ3v) is 4.89. The molecule has 0 unspecified atom stereocenters. The van der Waals surface area contributed by atoms with Crippen molar-refractivity contribution in [3.05, 3.63) is 28.2 Å². The maximum Gasteiger partial charge on any atom is 0.411 e. The highest BCUT2D eigenvalue weighted by Crippen LogP contribution is 2.34. The molecule has 0 bridgehead atoms. The van der Waals surface area contributed by atoms with Crippen molar-refractivity contribution >= 4 is 28.0 Å². The average molecular weight is 442 g/mol. The van der Waals surface area contributed by atoms with Gasteiger partial charge in [-0.2, -0.15) is 0 Å². The number of benzene rings is 1. The number of hydrogen-bond donors (Lipinski definition) is 1. The van der Waals surface area contributed by atoms with Crippen molar-refractivity contribution in [3.63, 3.8) is 0 Å². The molecule has 1 fully saturated rings. The zero-order valence-corrected chi connectivity index (χ0v) is 18.3. The van der Waals surface area contributed by atoms with Gasteiger partial charge in [-0.25, -0.2) is 9.59 Å². The number of hydrogen-bond acceptors (Lipinski definition) is 4. The van der Waals surface area contributed by atoms with Gasteiger partial charge >= 0.3 is 12.1 Å². The maximum atomic E-state index is 12.4. The van der Waals surface area contributed by atoms with Crippen molar-refractivity contribution in [2.75, 3.05) is 6.54 Å². The first kappa shape index (κ1) is 21.5. The van der Waals surface area contributed by atoms with E-state index in [2.05, 4.69) is 36.7 Å². The molecule has 1 aromatic carbocycles. The Morgan fingerprint density at radius 1 is 1.19 bits per heavy atom. The lowest BCUT2D eigenvalue weighted by molar-refractivity contribution is -0.142. The van der Waals surface area contributed by atoms with Crippen LogP contribution in [0.15, 0.2) is 22.7 Å². The monoisotopic (exact) mass is 441 g/mol. The summed E-state index contributed by atoms with van der Waals surface area (Å²) in [6, 6.07) is 4.91. The molecule has 2 atom stereocenters. The molecule has 150 valence electrons. The van der Waals surface area contributed by atoms with Gasteiger partial charge in [0.15, 0.2) is 0 Å². The Bertz CT molecular complexity index is 720. The van der Waals surface area contributed by atoms with E-state index < -0.39 is 29.8 Å². The summed E-state index contributed by atoms with van der Waals surface area (Å²) < 4.78 is 12.1. The number of carboxylic acid groups (broad SMARTS) is 1. The summed E-state index contributed by atoms with van der Waals surface area (Å²) in [5.41, 5.74) is 0.480. The minimum atomic E-state index is -1.06. The number of nitrogens with zero attached hydrogens (tertiary/aromatic N) is 1. The van der Waals surface area contributed by atoms with Gasteiger partial charge in [0.05, 0.1) is 11.0 Å². The molecule has 0 aliphatic carbocycles. The lowest BCUT2D eigenvalue weighted by Crippen LogP contribution is -2.43. The minimum absolute atomic E-state index is 0.0102. The van der Waals surface area contributed by atoms with Gasteiger partial charge in [0, 0.05) is 6.42 Å². The predicted octanol–water partition coefficient (Wildman–Crippen LogP) is 4.59. The van der Waals surface area contributed by atoms with E-state index in [4.69, 9.17) is 9.47 Å². The lowest BCUT2D eigenvalue weighted by Gasteiger charge is -2.26. The van der Waals surface area contributed by atoms with Gasteiger partial charge in [-0.3, -0.25) is 4.90 Å². The van der Waals surface area contributed by atoms with Gasteiger partial charge < -0.3 is 14.6 Å². The van der Waals surface area contributed by atoms with Crippen LogP contribution in [0, 0.1) is 0 Å². The van der Waals surface area contributed by atoms with E-state index in [-0.39, 0.29) is 18.4 Å². The maximum absolute atomic E-state index is 12.4. The number of rotatable bonds is 3. The van der Waals surface area contributed by atoms with Gasteiger partial charge in [0.25, 0.3) is 0 Å². The molecule has 0 aromatic heterocycles. The second kappa shape index (κ2) is 7.70. The first-order valence-corrected chi connectivity index (χ1v) is 9.76. The second-order valence-corrected chi connectivity index (χ2v) is 9.71. The number of carbonyl (C=O) groups excluding carboxylic acids is 1. The fraction of sp³-hybridized carbons (Fsp3) is 0.600. The topological polar surface area (TPSA) is 76.1 Å². The highest BCUT2D eigenvalue weighted by molar-refractivity contribution is 9.10. The molecule has 0 radical (unpaired) electrons. The molecule has 1 saturated heterocycles. The van der Waals surface area contributed by atoms with Gasteiger partial charge in [-0.1, -0.05) is 26.8 Å². The minimum Gasteiger partial charge on any atom is -0.487 e. The van der Waals surface area contributed by atoms with Crippen molar-refractivity contribution in [1.29, 1.82) is 0 Å². The third kappa shape index (κ3) is 5.61. The molecule has 27 heavy (non-hydrogen) atoms. The van der Waals surface area contributed by atoms with Crippen LogP contribution in [0.2, 0.25) is 0 Å². The van der Waals surface area contributed by atoms with Crippen LogP contribution in [-0.2, 0) is 14.9 Å². The van der Waals surface area contributed by atoms with Crippen molar-refractivity contribution in [1.82, 2.24) is 4.90 Å². The summed E-state index contributed by atoms with van der Waals surface area (Å²) in [5.74, 6) is -0.433. The van der Waals surface area contributed by atoms with Gasteiger partial charge in [-0.15, -0.1) is 0 Å². The molecule has 2 rings (SSSR count). The predicted molar refractivity (Wildman–Crippen MR) is 106 cm³/mol. The molecule has 1 amide bonds. The van der Waals surface area contributed by atoms with Gasteiger partial charge in [-0.05, 0) is 59.8 Å². The number of halogens is 1. The molecule has 1 aliphatic heterocycles. The first-order chi connectivity index (χ1) is 12.3. The largest absolute Gasteiger partial charge is 0.487 e. The summed E-state index contributed by atoms with van der Waals surface area (Å²) in [6.45, 7) is 11.8. The average Bonchev–Trinajstić information content (AvgIpc) is 2.91. The Kier molecular flexibility index (Phi) is 6.14. The quantitative estimate of drug-likeness (QED) is 0.741. The van der Waals surface area contributed by atoms with Crippen LogP contribution >= 0.6 is 15.9 Å². The van der Waals surface area contributed by atoms with Gasteiger partial charge in [0.1, 0.15) is 23.5 Å². The van der Waals surface area contributed by atoms with E-state index in [9.17, 15) is 14.7 Å². The fourth-order valence-corrected chi connectivity index (χ4v) is 3.35. The number of aliphatic carboxylic acids is 1. The summed E-state index contributed by atoms with van der Waals surface area (Å²) in [5, 5.41) is 9.48. The van der Waals surface area contributed by atoms with E-state index in [1.54, 1.807) is 20.8 Å². The highest BCUT2D eigenvalue weighted by Gasteiger charge is 2.42. The van der Waals surface area contributed by atoms with Crippen LogP contribution in [0.25, 0.3) is 0 Å². The molecule has 0 saturated carbocycles. The Balaban J connectivity index is 2.14. The number of amides is 1. The third-order valence-electron chi connectivity index (χ3n) is 4.27. The van der Waals surface area contributed by atoms with E-state index >= 15 is 0 Å².